The van der Waals surface area contributed by atoms with Crippen molar-refractivity contribution in [2.75, 3.05) is 38.6 Å². The number of methoxy groups -OCH3 is 1. The first-order valence-corrected chi connectivity index (χ1v) is 10.6. The maximum atomic E-state index is 12.5. The number of amides is 1. The number of nitrogens with one attached hydrogen (secondary N) is 1. The van der Waals surface area contributed by atoms with Gasteiger partial charge >= 0.3 is 0 Å². The number of nitrogens with zero attached hydrogens (tertiary/aromatic N) is 3. The molecule has 0 unspecified atom stereocenters. The molecule has 6 heteroatoms. The first-order chi connectivity index (χ1) is 15.2. The van der Waals surface area contributed by atoms with E-state index in [2.05, 4.69) is 26.2 Å². The van der Waals surface area contributed by atoms with Gasteiger partial charge in [0.2, 0.25) is 0 Å². The Morgan fingerprint density at radius 3 is 2.19 bits per heavy atom. The average molecular weight is 417 g/mol. The minimum atomic E-state index is -0.111. The smallest absolute Gasteiger partial charge is 0.255 e. The molecule has 4 rings (SSSR count). The second-order valence-corrected chi connectivity index (χ2v) is 7.75. The number of piperazine rings is 1. The molecule has 0 bridgehead atoms. The van der Waals surface area contributed by atoms with Gasteiger partial charge in [0.1, 0.15) is 5.75 Å². The first kappa shape index (κ1) is 21.0. The molecular weight excluding hydrogens is 388 g/mol. The Balaban J connectivity index is 1.25. The topological polar surface area (TPSA) is 57.7 Å². The molecule has 0 saturated carbocycles. The molecule has 6 nitrogen and oxygen atoms in total. The van der Waals surface area contributed by atoms with Gasteiger partial charge in [0, 0.05) is 56.7 Å². The summed E-state index contributed by atoms with van der Waals surface area (Å²) in [5.41, 5.74) is 3.75. The van der Waals surface area contributed by atoms with E-state index in [1.165, 1.54) is 5.56 Å². The molecule has 1 fully saturated rings. The summed E-state index contributed by atoms with van der Waals surface area (Å²) in [6, 6.07) is 21.3. The molecule has 160 valence electrons. The molecule has 1 N–H and O–H groups in total. The van der Waals surface area contributed by atoms with Crippen LogP contribution in [-0.2, 0) is 13.1 Å². The molecule has 0 aliphatic carbocycles. The predicted octanol–water partition coefficient (Wildman–Crippen LogP) is 3.66. The van der Waals surface area contributed by atoms with E-state index in [9.17, 15) is 4.79 Å². The highest BCUT2D eigenvalue weighted by atomic mass is 16.5. The zero-order chi connectivity index (χ0) is 21.5. The molecule has 0 radical (unpaired) electrons. The lowest BCUT2D eigenvalue weighted by atomic mass is 10.1. The van der Waals surface area contributed by atoms with Gasteiger partial charge in [-0.3, -0.25) is 19.6 Å². The number of hydrogen-bond acceptors (Lipinski definition) is 5. The molecule has 31 heavy (non-hydrogen) atoms. The average Bonchev–Trinajstić information content (AvgIpc) is 2.82. The summed E-state index contributed by atoms with van der Waals surface area (Å²) in [4.78, 5) is 21.8. The molecule has 1 aliphatic heterocycles. The Kier molecular flexibility index (Phi) is 6.92. The monoisotopic (exact) mass is 416 g/mol. The van der Waals surface area contributed by atoms with Gasteiger partial charge in [0.15, 0.2) is 0 Å². The molecule has 2 heterocycles. The van der Waals surface area contributed by atoms with Crippen LogP contribution in [0.2, 0.25) is 0 Å². The van der Waals surface area contributed by atoms with E-state index < -0.39 is 0 Å². The maximum Gasteiger partial charge on any atom is 0.255 e. The van der Waals surface area contributed by atoms with Crippen molar-refractivity contribution in [1.82, 2.24) is 14.8 Å². The van der Waals surface area contributed by atoms with Gasteiger partial charge in [-0.25, -0.2) is 0 Å². The number of carbonyl (C=O) groups excluding carboxylic acids is 1. The van der Waals surface area contributed by atoms with Crippen LogP contribution in [-0.4, -0.2) is 54.0 Å². The van der Waals surface area contributed by atoms with Gasteiger partial charge < -0.3 is 10.1 Å². The van der Waals surface area contributed by atoms with Crippen LogP contribution in [0.25, 0.3) is 0 Å². The third-order valence-corrected chi connectivity index (χ3v) is 5.55. The first-order valence-electron chi connectivity index (χ1n) is 10.6. The van der Waals surface area contributed by atoms with Crippen LogP contribution in [0.3, 0.4) is 0 Å². The van der Waals surface area contributed by atoms with E-state index in [-0.39, 0.29) is 5.91 Å². The van der Waals surface area contributed by atoms with Gasteiger partial charge in [0.05, 0.1) is 12.8 Å². The molecule has 1 saturated heterocycles. The lowest BCUT2D eigenvalue weighted by Gasteiger charge is -2.34. The fraction of sp³-hybridized carbons (Fsp3) is 0.280. The van der Waals surface area contributed by atoms with Crippen LogP contribution in [0.5, 0.6) is 5.75 Å². The Morgan fingerprint density at radius 1 is 0.903 bits per heavy atom. The van der Waals surface area contributed by atoms with Crippen molar-refractivity contribution in [2.45, 2.75) is 13.1 Å². The van der Waals surface area contributed by atoms with Gasteiger partial charge in [-0.05, 0) is 54.1 Å². The van der Waals surface area contributed by atoms with Crippen molar-refractivity contribution in [3.8, 4) is 5.75 Å². The molecular formula is C25H28N4O2. The summed E-state index contributed by atoms with van der Waals surface area (Å²) < 4.78 is 5.14. The van der Waals surface area contributed by atoms with Crippen molar-refractivity contribution in [3.63, 3.8) is 0 Å². The maximum absolute atomic E-state index is 12.5. The van der Waals surface area contributed by atoms with Crippen molar-refractivity contribution in [2.24, 2.45) is 0 Å². The van der Waals surface area contributed by atoms with E-state index in [4.69, 9.17) is 4.74 Å². The lowest BCUT2D eigenvalue weighted by molar-refractivity contribution is 0.102. The molecule has 0 atom stereocenters. The number of ether oxygens (including phenoxy) is 1. The number of benzene rings is 2. The van der Waals surface area contributed by atoms with E-state index >= 15 is 0 Å². The van der Waals surface area contributed by atoms with Crippen molar-refractivity contribution in [3.05, 3.63) is 89.7 Å². The molecule has 2 aromatic carbocycles. The van der Waals surface area contributed by atoms with E-state index in [0.29, 0.717) is 5.56 Å². The van der Waals surface area contributed by atoms with Crippen LogP contribution in [0.15, 0.2) is 72.9 Å². The fourth-order valence-corrected chi connectivity index (χ4v) is 3.72. The third-order valence-electron chi connectivity index (χ3n) is 5.55. The summed E-state index contributed by atoms with van der Waals surface area (Å²) >= 11 is 0. The quantitative estimate of drug-likeness (QED) is 0.637. The molecule has 0 spiro atoms. The highest BCUT2D eigenvalue weighted by Crippen LogP contribution is 2.17. The fourth-order valence-electron chi connectivity index (χ4n) is 3.72. The standard InChI is InChI=1S/C25H28N4O2/c1-31-24-11-9-22(10-12-24)27-25(30)21-7-5-20(6-8-21)18-28-14-16-29(17-15-28)19-23-4-2-3-13-26-23/h2-13H,14-19H2,1H3,(H,27,30). The largest absolute Gasteiger partial charge is 0.497 e. The predicted molar refractivity (Wildman–Crippen MR) is 122 cm³/mol. The van der Waals surface area contributed by atoms with E-state index in [1.807, 2.05) is 66.9 Å². The van der Waals surface area contributed by atoms with Crippen LogP contribution >= 0.6 is 0 Å². The van der Waals surface area contributed by atoms with Gasteiger partial charge in [0.25, 0.3) is 5.91 Å². The van der Waals surface area contributed by atoms with E-state index in [0.717, 1.165) is 56.4 Å². The number of pyridine rings is 1. The Bertz CT molecular complexity index is 967. The summed E-state index contributed by atoms with van der Waals surface area (Å²) in [5, 5.41) is 2.92. The lowest BCUT2D eigenvalue weighted by Crippen LogP contribution is -2.45. The van der Waals surface area contributed by atoms with Crippen LogP contribution in [0.1, 0.15) is 21.6 Å². The minimum absolute atomic E-state index is 0.111. The minimum Gasteiger partial charge on any atom is -0.497 e. The molecule has 1 amide bonds. The number of rotatable bonds is 7. The van der Waals surface area contributed by atoms with Crippen LogP contribution in [0, 0.1) is 0 Å². The normalized spacial score (nSPS) is 14.9. The molecule has 3 aromatic rings. The van der Waals surface area contributed by atoms with Gasteiger partial charge in [-0.15, -0.1) is 0 Å². The van der Waals surface area contributed by atoms with Crippen molar-refractivity contribution >= 4 is 11.6 Å². The second kappa shape index (κ2) is 10.2. The summed E-state index contributed by atoms with van der Waals surface area (Å²) in [7, 11) is 1.62. The SMILES string of the molecule is COc1ccc(NC(=O)c2ccc(CN3CCN(Cc4ccccn4)CC3)cc2)cc1. The van der Waals surface area contributed by atoms with E-state index in [1.54, 1.807) is 7.11 Å². The Hall–Kier alpha value is -3.22. The zero-order valence-corrected chi connectivity index (χ0v) is 17.8. The van der Waals surface area contributed by atoms with Gasteiger partial charge in [-0.2, -0.15) is 0 Å². The third kappa shape index (κ3) is 5.90. The summed E-state index contributed by atoms with van der Waals surface area (Å²) in [5.74, 6) is 0.653. The van der Waals surface area contributed by atoms with Crippen molar-refractivity contribution < 1.29 is 9.53 Å². The van der Waals surface area contributed by atoms with Crippen LogP contribution in [0.4, 0.5) is 5.69 Å². The Morgan fingerprint density at radius 2 is 1.58 bits per heavy atom. The highest BCUT2D eigenvalue weighted by molar-refractivity contribution is 6.04. The zero-order valence-electron chi connectivity index (χ0n) is 17.8. The number of anilines is 1. The number of aromatic nitrogens is 1. The Labute approximate surface area is 183 Å². The number of hydrogen-bond donors (Lipinski definition) is 1. The van der Waals surface area contributed by atoms with Crippen molar-refractivity contribution in [1.29, 1.82) is 0 Å². The summed E-state index contributed by atoms with van der Waals surface area (Å²) in [6.07, 6.45) is 1.85. The number of carbonyl (C=O) groups is 1. The molecule has 1 aromatic heterocycles. The molecule has 1 aliphatic rings. The second-order valence-electron chi connectivity index (χ2n) is 7.75. The van der Waals surface area contributed by atoms with Gasteiger partial charge in [-0.1, -0.05) is 18.2 Å². The highest BCUT2D eigenvalue weighted by Gasteiger charge is 2.17. The van der Waals surface area contributed by atoms with Crippen LogP contribution < -0.4 is 10.1 Å². The summed E-state index contributed by atoms with van der Waals surface area (Å²) in [6.45, 7) is 5.96.